The highest BCUT2D eigenvalue weighted by Gasteiger charge is 2.28. The van der Waals surface area contributed by atoms with Crippen LogP contribution < -0.4 is 5.32 Å². The number of hydrogen-bond acceptors (Lipinski definition) is 4. The fourth-order valence-corrected chi connectivity index (χ4v) is 2.67. The molecule has 1 N–H and O–H groups in total. The largest absolute Gasteiger partial charge is 0.361 e. The van der Waals surface area contributed by atoms with Crippen molar-refractivity contribution in [2.75, 3.05) is 19.6 Å². The van der Waals surface area contributed by atoms with Gasteiger partial charge in [-0.1, -0.05) is 25.9 Å². The van der Waals surface area contributed by atoms with Gasteiger partial charge in [0.25, 0.3) is 0 Å². The Hall–Kier alpha value is -0.870. The van der Waals surface area contributed by atoms with Gasteiger partial charge in [0.05, 0.1) is 5.69 Å². The third-order valence-electron chi connectivity index (χ3n) is 4.09. The number of hydrogen-bond donors (Lipinski definition) is 1. The first-order valence-corrected chi connectivity index (χ1v) is 7.25. The Balaban J connectivity index is 2.07. The summed E-state index contributed by atoms with van der Waals surface area (Å²) in [4.78, 5) is 2.53. The predicted octanol–water partition coefficient (Wildman–Crippen LogP) is 2.50. The van der Waals surface area contributed by atoms with Gasteiger partial charge in [0, 0.05) is 24.7 Å². The van der Waals surface area contributed by atoms with E-state index in [0.717, 1.165) is 37.6 Å². The maximum atomic E-state index is 5.27. The molecular formula is C15H27N3O. The van der Waals surface area contributed by atoms with E-state index in [1.54, 1.807) is 0 Å². The SMILES string of the molecule is Cc1noc(C)c1CN1CCCNC(C(C)(C)C)C1. The number of nitrogens with zero attached hydrogens (tertiary/aromatic N) is 2. The summed E-state index contributed by atoms with van der Waals surface area (Å²) < 4.78 is 5.27. The van der Waals surface area contributed by atoms with Crippen LogP contribution in [-0.4, -0.2) is 35.7 Å². The second-order valence-corrected chi connectivity index (χ2v) is 6.76. The summed E-state index contributed by atoms with van der Waals surface area (Å²) in [5.41, 5.74) is 2.58. The van der Waals surface area contributed by atoms with Gasteiger partial charge < -0.3 is 9.84 Å². The minimum atomic E-state index is 0.293. The summed E-state index contributed by atoms with van der Waals surface area (Å²) in [7, 11) is 0. The Morgan fingerprint density at radius 3 is 2.68 bits per heavy atom. The van der Waals surface area contributed by atoms with Crippen molar-refractivity contribution >= 4 is 0 Å². The molecule has 1 unspecified atom stereocenters. The van der Waals surface area contributed by atoms with E-state index >= 15 is 0 Å². The van der Waals surface area contributed by atoms with E-state index in [9.17, 15) is 0 Å². The highest BCUT2D eigenvalue weighted by molar-refractivity contribution is 5.20. The molecule has 1 aliphatic rings. The van der Waals surface area contributed by atoms with Crippen LogP contribution in [0.15, 0.2) is 4.52 Å². The zero-order valence-electron chi connectivity index (χ0n) is 12.9. The van der Waals surface area contributed by atoms with Crippen LogP contribution >= 0.6 is 0 Å². The van der Waals surface area contributed by atoms with Crippen molar-refractivity contribution in [3.8, 4) is 0 Å². The molecule has 108 valence electrons. The molecule has 1 atom stereocenters. The van der Waals surface area contributed by atoms with E-state index in [4.69, 9.17) is 4.52 Å². The molecule has 0 spiro atoms. The molecule has 1 aliphatic heterocycles. The minimum Gasteiger partial charge on any atom is -0.361 e. The maximum absolute atomic E-state index is 5.27. The summed E-state index contributed by atoms with van der Waals surface area (Å²) in [6, 6.07) is 0.537. The van der Waals surface area contributed by atoms with Gasteiger partial charge in [-0.2, -0.15) is 0 Å². The quantitative estimate of drug-likeness (QED) is 0.892. The molecule has 0 bridgehead atoms. The van der Waals surface area contributed by atoms with Gasteiger partial charge in [-0.15, -0.1) is 0 Å². The number of rotatable bonds is 2. The topological polar surface area (TPSA) is 41.3 Å². The number of aryl methyl sites for hydroxylation is 2. The maximum Gasteiger partial charge on any atom is 0.138 e. The fourth-order valence-electron chi connectivity index (χ4n) is 2.67. The summed E-state index contributed by atoms with van der Waals surface area (Å²) >= 11 is 0. The van der Waals surface area contributed by atoms with Crippen LogP contribution in [0.3, 0.4) is 0 Å². The summed E-state index contributed by atoms with van der Waals surface area (Å²) in [5.74, 6) is 0.960. The number of aromatic nitrogens is 1. The molecule has 2 rings (SSSR count). The van der Waals surface area contributed by atoms with Gasteiger partial charge in [-0.3, -0.25) is 4.90 Å². The number of nitrogens with one attached hydrogen (secondary N) is 1. The third kappa shape index (κ3) is 3.57. The predicted molar refractivity (Wildman–Crippen MR) is 77.1 cm³/mol. The molecule has 0 saturated carbocycles. The lowest BCUT2D eigenvalue weighted by Gasteiger charge is -2.33. The molecule has 0 aliphatic carbocycles. The summed E-state index contributed by atoms with van der Waals surface area (Å²) in [5, 5.41) is 7.74. The molecule has 1 aromatic rings. The van der Waals surface area contributed by atoms with Gasteiger partial charge in [-0.05, 0) is 38.8 Å². The third-order valence-corrected chi connectivity index (χ3v) is 4.09. The van der Waals surface area contributed by atoms with Crippen molar-refractivity contribution in [1.29, 1.82) is 0 Å². The Labute approximate surface area is 116 Å². The average Bonchev–Trinajstić information content (AvgIpc) is 2.57. The van der Waals surface area contributed by atoms with E-state index in [1.165, 1.54) is 12.0 Å². The van der Waals surface area contributed by atoms with Crippen molar-refractivity contribution in [2.45, 2.75) is 53.6 Å². The first-order valence-electron chi connectivity index (χ1n) is 7.25. The Morgan fingerprint density at radius 1 is 1.37 bits per heavy atom. The zero-order valence-corrected chi connectivity index (χ0v) is 12.9. The molecule has 2 heterocycles. The molecule has 0 amide bonds. The molecule has 4 heteroatoms. The Kier molecular flexibility index (Phi) is 4.31. The molecule has 19 heavy (non-hydrogen) atoms. The molecule has 1 fully saturated rings. The fraction of sp³-hybridized carbons (Fsp3) is 0.800. The van der Waals surface area contributed by atoms with Crippen LogP contribution in [0.1, 0.15) is 44.2 Å². The van der Waals surface area contributed by atoms with Gasteiger partial charge in [0.1, 0.15) is 5.76 Å². The second-order valence-electron chi connectivity index (χ2n) is 6.76. The highest BCUT2D eigenvalue weighted by atomic mass is 16.5. The first-order chi connectivity index (χ1) is 8.88. The van der Waals surface area contributed by atoms with Gasteiger partial charge >= 0.3 is 0 Å². The van der Waals surface area contributed by atoms with E-state index in [2.05, 4.69) is 36.1 Å². The summed E-state index contributed by atoms with van der Waals surface area (Å²) in [6.45, 7) is 15.3. The lowest BCUT2D eigenvalue weighted by Crippen LogP contribution is -2.46. The van der Waals surface area contributed by atoms with Crippen molar-refractivity contribution in [3.63, 3.8) is 0 Å². The lowest BCUT2D eigenvalue weighted by molar-refractivity contribution is 0.191. The van der Waals surface area contributed by atoms with Crippen LogP contribution in [0.5, 0.6) is 0 Å². The summed E-state index contributed by atoms with van der Waals surface area (Å²) in [6.07, 6.45) is 1.20. The second kappa shape index (κ2) is 5.63. The van der Waals surface area contributed by atoms with E-state index in [-0.39, 0.29) is 0 Å². The van der Waals surface area contributed by atoms with Crippen molar-refractivity contribution in [1.82, 2.24) is 15.4 Å². The Morgan fingerprint density at radius 2 is 2.11 bits per heavy atom. The van der Waals surface area contributed by atoms with Crippen LogP contribution in [0.2, 0.25) is 0 Å². The highest BCUT2D eigenvalue weighted by Crippen LogP contribution is 2.23. The van der Waals surface area contributed by atoms with Crippen LogP contribution in [0.25, 0.3) is 0 Å². The molecule has 1 aromatic heterocycles. The zero-order chi connectivity index (χ0) is 14.0. The normalized spacial score (nSPS) is 22.5. The monoisotopic (exact) mass is 265 g/mol. The van der Waals surface area contributed by atoms with E-state index < -0.39 is 0 Å². The first kappa shape index (κ1) is 14.5. The van der Waals surface area contributed by atoms with E-state index in [1.807, 2.05) is 13.8 Å². The molecule has 0 radical (unpaired) electrons. The average molecular weight is 265 g/mol. The Bertz CT molecular complexity index is 400. The molecule has 4 nitrogen and oxygen atoms in total. The minimum absolute atomic E-state index is 0.293. The van der Waals surface area contributed by atoms with Crippen molar-refractivity contribution in [2.24, 2.45) is 5.41 Å². The molecule has 0 aromatic carbocycles. The lowest BCUT2D eigenvalue weighted by atomic mass is 9.86. The van der Waals surface area contributed by atoms with Crippen molar-refractivity contribution < 1.29 is 4.52 Å². The van der Waals surface area contributed by atoms with Crippen molar-refractivity contribution in [3.05, 3.63) is 17.0 Å². The van der Waals surface area contributed by atoms with Gasteiger partial charge in [-0.25, -0.2) is 0 Å². The smallest absolute Gasteiger partial charge is 0.138 e. The molecular weight excluding hydrogens is 238 g/mol. The van der Waals surface area contributed by atoms with Crippen LogP contribution in [0.4, 0.5) is 0 Å². The van der Waals surface area contributed by atoms with Crippen LogP contribution in [-0.2, 0) is 6.54 Å². The standard InChI is InChI=1S/C15H27N3O/c1-11-13(12(2)19-17-11)9-18-8-6-7-16-14(10-18)15(3,4)5/h14,16H,6-10H2,1-5H3. The molecule has 1 saturated heterocycles. The van der Waals surface area contributed by atoms with Crippen LogP contribution in [0, 0.1) is 19.3 Å². The van der Waals surface area contributed by atoms with Gasteiger partial charge in [0.2, 0.25) is 0 Å². The van der Waals surface area contributed by atoms with E-state index in [0.29, 0.717) is 11.5 Å². The van der Waals surface area contributed by atoms with Gasteiger partial charge in [0.15, 0.2) is 0 Å².